The van der Waals surface area contributed by atoms with Crippen LogP contribution in [0, 0.1) is 27.7 Å². The first-order chi connectivity index (χ1) is 9.40. The number of halogens is 2. The van der Waals surface area contributed by atoms with Crippen molar-refractivity contribution in [3.63, 3.8) is 0 Å². The summed E-state index contributed by atoms with van der Waals surface area (Å²) in [6.07, 6.45) is 1.71. The van der Waals surface area contributed by atoms with Gasteiger partial charge in [-0.3, -0.25) is 10.1 Å². The minimum absolute atomic E-state index is 0.00199. The highest BCUT2D eigenvalue weighted by Crippen LogP contribution is 2.34. The van der Waals surface area contributed by atoms with Crippen molar-refractivity contribution < 1.29 is 13.7 Å². The summed E-state index contributed by atoms with van der Waals surface area (Å²) in [6, 6.07) is 1.50. The molecule has 1 aliphatic heterocycles. The topological polar surface area (TPSA) is 72.4 Å². The van der Waals surface area contributed by atoms with Crippen LogP contribution >= 0.6 is 0 Å². The van der Waals surface area contributed by atoms with E-state index in [0.717, 1.165) is 18.9 Å². The van der Waals surface area contributed by atoms with Crippen LogP contribution in [0.2, 0.25) is 0 Å². The van der Waals surface area contributed by atoms with E-state index >= 15 is 0 Å². The Balaban J connectivity index is 2.38. The van der Waals surface area contributed by atoms with Gasteiger partial charge in [-0.25, -0.2) is 4.39 Å². The molecule has 110 valence electrons. The molecule has 2 N–H and O–H groups in total. The van der Waals surface area contributed by atoms with Crippen molar-refractivity contribution in [1.82, 2.24) is 0 Å². The van der Waals surface area contributed by atoms with Crippen molar-refractivity contribution >= 4 is 11.4 Å². The van der Waals surface area contributed by atoms with Crippen molar-refractivity contribution in [1.29, 1.82) is 0 Å². The highest BCUT2D eigenvalue weighted by molar-refractivity contribution is 5.64. The van der Waals surface area contributed by atoms with Crippen LogP contribution < -0.4 is 10.6 Å². The summed E-state index contributed by atoms with van der Waals surface area (Å²) in [5.74, 6) is -1.80. The smallest absolute Gasteiger partial charge is 0.328 e. The number of hydrogen-bond donors (Lipinski definition) is 1. The molecule has 20 heavy (non-hydrogen) atoms. The number of hydrogen-bond acceptors (Lipinski definition) is 4. The molecule has 0 bridgehead atoms. The second kappa shape index (κ2) is 5.70. The summed E-state index contributed by atoms with van der Waals surface area (Å²) in [4.78, 5) is 11.9. The van der Waals surface area contributed by atoms with E-state index in [9.17, 15) is 18.9 Å². The van der Waals surface area contributed by atoms with Gasteiger partial charge < -0.3 is 10.6 Å². The van der Waals surface area contributed by atoms with E-state index in [1.807, 2.05) is 6.92 Å². The predicted octanol–water partition coefficient (Wildman–Crippen LogP) is 2.44. The van der Waals surface area contributed by atoms with Gasteiger partial charge in [-0.1, -0.05) is 0 Å². The maximum Gasteiger partial charge on any atom is 0.328 e. The molecule has 0 aliphatic carbocycles. The second-order valence-electron chi connectivity index (χ2n) is 5.22. The maximum absolute atomic E-state index is 13.6. The Labute approximate surface area is 115 Å². The number of nitrogens with two attached hydrogens (primary N) is 1. The minimum Gasteiger partial charge on any atom is -0.365 e. The molecule has 1 saturated heterocycles. The number of nitro benzene ring substituents is 1. The summed E-state index contributed by atoms with van der Waals surface area (Å²) in [6.45, 7) is 2.88. The van der Waals surface area contributed by atoms with Gasteiger partial charge in [0.1, 0.15) is 11.5 Å². The van der Waals surface area contributed by atoms with E-state index in [4.69, 9.17) is 5.73 Å². The Morgan fingerprint density at radius 1 is 1.50 bits per heavy atom. The standard InChI is InChI=1S/C13H17F2N3O2/c1-8(16)9-3-2-4-17(7-9)12-6-10(14)5-11(15)13(12)18(19)20/h5-6,8-9H,2-4,7,16H2,1H3. The average molecular weight is 285 g/mol. The van der Waals surface area contributed by atoms with Crippen LogP contribution in [0.15, 0.2) is 12.1 Å². The number of nitrogens with zero attached hydrogens (tertiary/aromatic N) is 2. The van der Waals surface area contributed by atoms with Gasteiger partial charge in [0.15, 0.2) is 0 Å². The van der Waals surface area contributed by atoms with Crippen LogP contribution in [0.4, 0.5) is 20.2 Å². The van der Waals surface area contributed by atoms with Gasteiger partial charge >= 0.3 is 5.69 Å². The van der Waals surface area contributed by atoms with Crippen LogP contribution in [0.5, 0.6) is 0 Å². The van der Waals surface area contributed by atoms with E-state index < -0.39 is 22.2 Å². The van der Waals surface area contributed by atoms with E-state index in [-0.39, 0.29) is 17.6 Å². The maximum atomic E-state index is 13.6. The predicted molar refractivity (Wildman–Crippen MR) is 71.6 cm³/mol. The zero-order chi connectivity index (χ0) is 14.9. The van der Waals surface area contributed by atoms with Crippen molar-refractivity contribution in [2.45, 2.75) is 25.8 Å². The third kappa shape index (κ3) is 2.87. The third-order valence-electron chi connectivity index (χ3n) is 3.73. The molecule has 0 spiro atoms. The monoisotopic (exact) mass is 285 g/mol. The highest BCUT2D eigenvalue weighted by atomic mass is 19.1. The van der Waals surface area contributed by atoms with Gasteiger partial charge in [0, 0.05) is 31.3 Å². The van der Waals surface area contributed by atoms with Crippen LogP contribution in [-0.2, 0) is 0 Å². The van der Waals surface area contributed by atoms with Crippen LogP contribution in [0.1, 0.15) is 19.8 Å². The zero-order valence-electron chi connectivity index (χ0n) is 11.2. The molecule has 1 aliphatic rings. The Bertz CT molecular complexity index is 523. The molecule has 0 radical (unpaired) electrons. The number of piperidine rings is 1. The molecule has 0 amide bonds. The first-order valence-electron chi connectivity index (χ1n) is 6.54. The largest absolute Gasteiger partial charge is 0.365 e. The summed E-state index contributed by atoms with van der Waals surface area (Å²) >= 11 is 0. The highest BCUT2D eigenvalue weighted by Gasteiger charge is 2.30. The first-order valence-corrected chi connectivity index (χ1v) is 6.54. The molecule has 1 fully saturated rings. The molecule has 2 atom stereocenters. The van der Waals surface area contributed by atoms with E-state index in [2.05, 4.69) is 0 Å². The van der Waals surface area contributed by atoms with E-state index in [1.54, 1.807) is 4.90 Å². The number of rotatable bonds is 3. The number of benzene rings is 1. The Hall–Kier alpha value is -1.76. The lowest BCUT2D eigenvalue weighted by Gasteiger charge is -2.35. The molecule has 0 saturated carbocycles. The van der Waals surface area contributed by atoms with E-state index in [0.29, 0.717) is 19.2 Å². The van der Waals surface area contributed by atoms with Gasteiger partial charge in [-0.15, -0.1) is 0 Å². The van der Waals surface area contributed by atoms with Gasteiger partial charge in [-0.2, -0.15) is 4.39 Å². The summed E-state index contributed by atoms with van der Waals surface area (Å²) < 4.78 is 27.0. The van der Waals surface area contributed by atoms with Crippen LogP contribution in [-0.4, -0.2) is 24.1 Å². The SMILES string of the molecule is CC(N)C1CCCN(c2cc(F)cc(F)c2[N+](=O)[O-])C1. The summed E-state index contributed by atoms with van der Waals surface area (Å²) in [5.41, 5.74) is 5.18. The summed E-state index contributed by atoms with van der Waals surface area (Å²) in [7, 11) is 0. The van der Waals surface area contributed by atoms with Crippen molar-refractivity contribution in [2.75, 3.05) is 18.0 Å². The zero-order valence-corrected chi connectivity index (χ0v) is 11.2. The first kappa shape index (κ1) is 14.6. The Morgan fingerprint density at radius 3 is 2.80 bits per heavy atom. The molecule has 1 aromatic rings. The lowest BCUT2D eigenvalue weighted by molar-refractivity contribution is -0.386. The molecule has 1 aromatic carbocycles. The van der Waals surface area contributed by atoms with Gasteiger partial charge in [0.05, 0.1) is 4.92 Å². The Kier molecular flexibility index (Phi) is 4.17. The molecule has 2 unspecified atom stereocenters. The molecule has 2 rings (SSSR count). The van der Waals surface area contributed by atoms with Crippen LogP contribution in [0.25, 0.3) is 0 Å². The summed E-state index contributed by atoms with van der Waals surface area (Å²) in [5, 5.41) is 11.0. The fraction of sp³-hybridized carbons (Fsp3) is 0.538. The quantitative estimate of drug-likeness (QED) is 0.684. The molecule has 5 nitrogen and oxygen atoms in total. The van der Waals surface area contributed by atoms with Crippen molar-refractivity contribution in [2.24, 2.45) is 11.7 Å². The molecular formula is C13H17F2N3O2. The normalized spacial score (nSPS) is 20.8. The van der Waals surface area contributed by atoms with Gasteiger partial charge in [0.25, 0.3) is 0 Å². The Morgan fingerprint density at radius 2 is 2.20 bits per heavy atom. The molecule has 7 heteroatoms. The fourth-order valence-electron chi connectivity index (χ4n) is 2.63. The second-order valence-corrected chi connectivity index (χ2v) is 5.22. The van der Waals surface area contributed by atoms with E-state index in [1.165, 1.54) is 0 Å². The molecule has 0 aromatic heterocycles. The minimum atomic E-state index is -1.15. The molecule has 1 heterocycles. The van der Waals surface area contributed by atoms with Gasteiger partial charge in [0.2, 0.25) is 5.82 Å². The van der Waals surface area contributed by atoms with Crippen LogP contribution in [0.3, 0.4) is 0 Å². The lowest BCUT2D eigenvalue weighted by Crippen LogP contribution is -2.42. The van der Waals surface area contributed by atoms with Gasteiger partial charge in [-0.05, 0) is 25.7 Å². The number of nitro groups is 1. The average Bonchev–Trinajstić information content (AvgIpc) is 2.37. The lowest BCUT2D eigenvalue weighted by atomic mass is 9.92. The molecular weight excluding hydrogens is 268 g/mol. The van der Waals surface area contributed by atoms with Crippen molar-refractivity contribution in [3.05, 3.63) is 33.9 Å². The third-order valence-corrected chi connectivity index (χ3v) is 3.73. The fourth-order valence-corrected chi connectivity index (χ4v) is 2.63. The van der Waals surface area contributed by atoms with Crippen molar-refractivity contribution in [3.8, 4) is 0 Å². The number of anilines is 1.